The van der Waals surface area contributed by atoms with Crippen LogP contribution in [0.4, 0.5) is 4.39 Å². The Bertz CT molecular complexity index is 725. The van der Waals surface area contributed by atoms with Crippen molar-refractivity contribution < 1.29 is 12.8 Å². The van der Waals surface area contributed by atoms with E-state index in [0.29, 0.717) is 11.1 Å². The Labute approximate surface area is 124 Å². The second-order valence-corrected chi connectivity index (χ2v) is 6.65. The van der Waals surface area contributed by atoms with Crippen LogP contribution >= 0.6 is 15.9 Å². The minimum atomic E-state index is -3.78. The van der Waals surface area contributed by atoms with Gasteiger partial charge in [0.1, 0.15) is 5.82 Å². The number of sulfonamides is 1. The van der Waals surface area contributed by atoms with Crippen LogP contribution < -0.4 is 4.72 Å². The fourth-order valence-corrected chi connectivity index (χ4v) is 3.71. The standard InChI is InChI=1S/C11H12BrFN4O2S/c1-7-3-4-8(5-9(7)13)6-14-20(18,19)11-10(12)15-16-17(11)2/h3-5,14H,6H2,1-2H3. The second kappa shape index (κ2) is 5.58. The first kappa shape index (κ1) is 15.1. The molecule has 0 spiro atoms. The molecular weight excluding hydrogens is 351 g/mol. The molecule has 6 nitrogen and oxygen atoms in total. The van der Waals surface area contributed by atoms with Crippen molar-refractivity contribution >= 4 is 26.0 Å². The van der Waals surface area contributed by atoms with Gasteiger partial charge in [0.25, 0.3) is 10.0 Å². The van der Waals surface area contributed by atoms with Crippen LogP contribution in [-0.2, 0) is 23.6 Å². The van der Waals surface area contributed by atoms with Crippen LogP contribution in [0.3, 0.4) is 0 Å². The summed E-state index contributed by atoms with van der Waals surface area (Å²) in [6, 6.07) is 4.56. The molecule has 1 aromatic heterocycles. The molecule has 0 bridgehead atoms. The molecule has 2 rings (SSSR count). The molecule has 0 amide bonds. The highest BCUT2D eigenvalue weighted by atomic mass is 79.9. The number of nitrogens with one attached hydrogen (secondary N) is 1. The Morgan fingerprint density at radius 3 is 2.70 bits per heavy atom. The molecule has 0 unspecified atom stereocenters. The number of hydrogen-bond donors (Lipinski definition) is 1. The molecule has 0 atom stereocenters. The Balaban J connectivity index is 2.19. The summed E-state index contributed by atoms with van der Waals surface area (Å²) in [7, 11) is -2.31. The van der Waals surface area contributed by atoms with E-state index in [1.807, 2.05) is 0 Å². The normalized spacial score (nSPS) is 11.8. The van der Waals surface area contributed by atoms with Gasteiger partial charge in [-0.05, 0) is 40.0 Å². The predicted molar refractivity (Wildman–Crippen MR) is 73.9 cm³/mol. The maximum absolute atomic E-state index is 13.4. The quantitative estimate of drug-likeness (QED) is 0.893. The molecule has 0 aliphatic heterocycles. The fraction of sp³-hybridized carbons (Fsp3) is 0.273. The topological polar surface area (TPSA) is 76.9 Å². The van der Waals surface area contributed by atoms with Crippen molar-refractivity contribution in [3.8, 4) is 0 Å². The monoisotopic (exact) mass is 362 g/mol. The van der Waals surface area contributed by atoms with Gasteiger partial charge in [-0.25, -0.2) is 22.2 Å². The van der Waals surface area contributed by atoms with Crippen LogP contribution in [0.25, 0.3) is 0 Å². The third-order valence-corrected chi connectivity index (χ3v) is 4.98. The lowest BCUT2D eigenvalue weighted by Gasteiger charge is -2.07. The van der Waals surface area contributed by atoms with E-state index in [-0.39, 0.29) is 22.0 Å². The van der Waals surface area contributed by atoms with Crippen LogP contribution in [0.2, 0.25) is 0 Å². The Hall–Kier alpha value is -1.32. The summed E-state index contributed by atoms with van der Waals surface area (Å²) in [4.78, 5) is 0. The van der Waals surface area contributed by atoms with Gasteiger partial charge in [0.15, 0.2) is 4.60 Å². The summed E-state index contributed by atoms with van der Waals surface area (Å²) in [6.07, 6.45) is 0. The van der Waals surface area contributed by atoms with E-state index in [1.165, 1.54) is 13.1 Å². The Morgan fingerprint density at radius 1 is 1.45 bits per heavy atom. The SMILES string of the molecule is Cc1ccc(CNS(=O)(=O)c2c(Br)nnn2C)cc1F. The third-order valence-electron chi connectivity index (χ3n) is 2.69. The molecule has 9 heteroatoms. The van der Waals surface area contributed by atoms with Crippen molar-refractivity contribution in [2.24, 2.45) is 7.05 Å². The summed E-state index contributed by atoms with van der Waals surface area (Å²) in [5.41, 5.74) is 1.04. The molecule has 0 aliphatic carbocycles. The highest BCUT2D eigenvalue weighted by Crippen LogP contribution is 2.18. The zero-order valence-corrected chi connectivity index (χ0v) is 13.2. The lowest BCUT2D eigenvalue weighted by molar-refractivity contribution is 0.559. The molecule has 0 radical (unpaired) electrons. The second-order valence-electron chi connectivity index (χ2n) is 4.22. The molecule has 1 heterocycles. The molecule has 0 saturated carbocycles. The molecule has 0 fully saturated rings. The number of aryl methyl sites for hydroxylation is 2. The van der Waals surface area contributed by atoms with Crippen LogP contribution in [-0.4, -0.2) is 23.4 Å². The van der Waals surface area contributed by atoms with Crippen LogP contribution in [0.1, 0.15) is 11.1 Å². The lowest BCUT2D eigenvalue weighted by atomic mass is 10.1. The lowest BCUT2D eigenvalue weighted by Crippen LogP contribution is -2.25. The van der Waals surface area contributed by atoms with E-state index < -0.39 is 10.0 Å². The number of rotatable bonds is 4. The van der Waals surface area contributed by atoms with E-state index in [2.05, 4.69) is 31.0 Å². The van der Waals surface area contributed by atoms with E-state index >= 15 is 0 Å². The third kappa shape index (κ3) is 3.05. The zero-order valence-electron chi connectivity index (χ0n) is 10.8. The van der Waals surface area contributed by atoms with E-state index in [1.54, 1.807) is 19.1 Å². The number of nitrogens with zero attached hydrogens (tertiary/aromatic N) is 3. The van der Waals surface area contributed by atoms with E-state index in [9.17, 15) is 12.8 Å². The van der Waals surface area contributed by atoms with Crippen molar-refractivity contribution in [2.45, 2.75) is 18.5 Å². The van der Waals surface area contributed by atoms with Gasteiger partial charge < -0.3 is 0 Å². The van der Waals surface area contributed by atoms with Gasteiger partial charge in [0.2, 0.25) is 5.03 Å². The molecule has 2 aromatic rings. The summed E-state index contributed by atoms with van der Waals surface area (Å²) >= 11 is 3.03. The highest BCUT2D eigenvalue weighted by molar-refractivity contribution is 9.10. The first-order valence-corrected chi connectivity index (χ1v) is 7.89. The Kier molecular flexibility index (Phi) is 4.21. The summed E-state index contributed by atoms with van der Waals surface area (Å²) in [6.45, 7) is 1.62. The summed E-state index contributed by atoms with van der Waals surface area (Å²) < 4.78 is 41.3. The van der Waals surface area contributed by atoms with Gasteiger partial charge in [-0.2, -0.15) is 0 Å². The molecule has 20 heavy (non-hydrogen) atoms. The molecule has 0 saturated heterocycles. The van der Waals surface area contributed by atoms with Gasteiger partial charge in [-0.3, -0.25) is 0 Å². The van der Waals surface area contributed by atoms with Crippen molar-refractivity contribution in [3.63, 3.8) is 0 Å². The maximum Gasteiger partial charge on any atom is 0.260 e. The van der Waals surface area contributed by atoms with Gasteiger partial charge in [0.05, 0.1) is 0 Å². The molecular formula is C11H12BrFN4O2S. The highest BCUT2D eigenvalue weighted by Gasteiger charge is 2.23. The predicted octanol–water partition coefficient (Wildman–Crippen LogP) is 1.50. The van der Waals surface area contributed by atoms with Crippen molar-refractivity contribution in [2.75, 3.05) is 0 Å². The largest absolute Gasteiger partial charge is 0.260 e. The van der Waals surface area contributed by atoms with Crippen molar-refractivity contribution in [1.29, 1.82) is 0 Å². The fourth-order valence-electron chi connectivity index (χ4n) is 1.60. The smallest absolute Gasteiger partial charge is 0.235 e. The summed E-state index contributed by atoms with van der Waals surface area (Å²) in [5, 5.41) is 7.14. The maximum atomic E-state index is 13.4. The average Bonchev–Trinajstić information content (AvgIpc) is 2.71. The van der Waals surface area contributed by atoms with Gasteiger partial charge in [-0.15, -0.1) is 5.10 Å². The van der Waals surface area contributed by atoms with Crippen LogP contribution in [0.5, 0.6) is 0 Å². The number of hydrogen-bond acceptors (Lipinski definition) is 4. The Morgan fingerprint density at radius 2 is 2.15 bits per heavy atom. The van der Waals surface area contributed by atoms with E-state index in [0.717, 1.165) is 4.68 Å². The van der Waals surface area contributed by atoms with Gasteiger partial charge >= 0.3 is 0 Å². The molecule has 0 aliphatic rings. The number of benzene rings is 1. The number of halogens is 2. The van der Waals surface area contributed by atoms with Crippen molar-refractivity contribution in [3.05, 3.63) is 39.7 Å². The minimum Gasteiger partial charge on any atom is -0.235 e. The van der Waals surface area contributed by atoms with Gasteiger partial charge in [0, 0.05) is 13.6 Å². The van der Waals surface area contributed by atoms with Crippen LogP contribution in [0.15, 0.2) is 27.8 Å². The minimum absolute atomic E-state index is 0.0167. The first-order chi connectivity index (χ1) is 9.31. The average molecular weight is 363 g/mol. The van der Waals surface area contributed by atoms with Crippen molar-refractivity contribution in [1.82, 2.24) is 19.7 Å². The summed E-state index contributed by atoms with van der Waals surface area (Å²) in [5.74, 6) is -0.370. The first-order valence-electron chi connectivity index (χ1n) is 5.61. The molecule has 108 valence electrons. The molecule has 1 aromatic carbocycles. The zero-order chi connectivity index (χ0) is 14.9. The van der Waals surface area contributed by atoms with Gasteiger partial charge in [-0.1, -0.05) is 17.3 Å². The number of aromatic nitrogens is 3. The molecule has 1 N–H and O–H groups in total. The van der Waals surface area contributed by atoms with E-state index in [4.69, 9.17) is 0 Å². The van der Waals surface area contributed by atoms with Crippen LogP contribution in [0, 0.1) is 12.7 Å².